The minimum absolute atomic E-state index is 0. The lowest BCUT2D eigenvalue weighted by Gasteiger charge is -2.21. The fourth-order valence-electron chi connectivity index (χ4n) is 2.65. The van der Waals surface area contributed by atoms with E-state index in [1.165, 1.54) is 5.56 Å². The number of guanidine groups is 1. The topological polar surface area (TPSA) is 57.1 Å². The van der Waals surface area contributed by atoms with Gasteiger partial charge in [-0.25, -0.2) is 0 Å². The smallest absolute Gasteiger partial charge is 0.194 e. The third-order valence-electron chi connectivity index (χ3n) is 3.71. The number of hydrogen-bond acceptors (Lipinski definition) is 3. The summed E-state index contributed by atoms with van der Waals surface area (Å²) in [7, 11) is 0. The lowest BCUT2D eigenvalue weighted by molar-refractivity contribution is 0.188. The summed E-state index contributed by atoms with van der Waals surface area (Å²) in [5.41, 5.74) is 1.19. The molecule has 0 aliphatic carbocycles. The molecule has 130 valence electrons. The highest BCUT2D eigenvalue weighted by Gasteiger charge is 2.22. The summed E-state index contributed by atoms with van der Waals surface area (Å²) in [6, 6.07) is 8.12. The summed E-state index contributed by atoms with van der Waals surface area (Å²) in [4.78, 5) is 6.82. The highest BCUT2D eigenvalue weighted by molar-refractivity contribution is 14.0. The van der Waals surface area contributed by atoms with E-state index >= 15 is 0 Å². The Morgan fingerprint density at radius 2 is 2.17 bits per heavy atom. The average Bonchev–Trinajstić information content (AvgIpc) is 2.95. The van der Waals surface area contributed by atoms with Crippen LogP contribution in [0, 0.1) is 0 Å². The van der Waals surface area contributed by atoms with E-state index in [-0.39, 0.29) is 30.1 Å². The van der Waals surface area contributed by atoms with Crippen LogP contribution in [-0.4, -0.2) is 54.9 Å². The van der Waals surface area contributed by atoms with Crippen LogP contribution in [0.5, 0.6) is 5.75 Å². The van der Waals surface area contributed by atoms with Gasteiger partial charge in [-0.1, -0.05) is 18.2 Å². The molecule has 6 heteroatoms. The van der Waals surface area contributed by atoms with E-state index in [9.17, 15) is 5.11 Å². The number of nitrogens with one attached hydrogen (secondary N) is 1. The SMILES string of the molecule is CCNC(=NCCc1ccccc1OCC)N1CC[C@@H](O)C1.I. The summed E-state index contributed by atoms with van der Waals surface area (Å²) in [5, 5.41) is 13.0. The van der Waals surface area contributed by atoms with Gasteiger partial charge < -0.3 is 20.1 Å². The van der Waals surface area contributed by atoms with E-state index in [0.717, 1.165) is 37.6 Å². The van der Waals surface area contributed by atoms with Crippen molar-refractivity contribution >= 4 is 29.9 Å². The molecule has 2 rings (SSSR count). The van der Waals surface area contributed by atoms with Crippen molar-refractivity contribution in [1.29, 1.82) is 0 Å². The molecular formula is C17H28IN3O2. The standard InChI is InChI=1S/C17H27N3O2.HI/c1-3-18-17(20-12-10-15(21)13-20)19-11-9-14-7-5-6-8-16(14)22-4-2;/h5-8,15,21H,3-4,9-13H2,1-2H3,(H,18,19);1H/t15-;/m1./s1. The minimum Gasteiger partial charge on any atom is -0.494 e. The summed E-state index contributed by atoms with van der Waals surface area (Å²) in [5.74, 6) is 1.84. The number of aliphatic imine (C=N–C) groups is 1. The Morgan fingerprint density at radius 1 is 1.39 bits per heavy atom. The molecule has 1 aromatic carbocycles. The van der Waals surface area contributed by atoms with Gasteiger partial charge in [-0.3, -0.25) is 4.99 Å². The molecule has 5 nitrogen and oxygen atoms in total. The average molecular weight is 433 g/mol. The number of ether oxygens (including phenoxy) is 1. The Kier molecular flexibility index (Phi) is 9.31. The highest BCUT2D eigenvalue weighted by Crippen LogP contribution is 2.18. The Balaban J connectivity index is 0.00000264. The second-order valence-corrected chi connectivity index (χ2v) is 5.41. The Morgan fingerprint density at radius 3 is 2.83 bits per heavy atom. The van der Waals surface area contributed by atoms with Crippen LogP contribution < -0.4 is 10.1 Å². The van der Waals surface area contributed by atoms with Gasteiger partial charge in [-0.15, -0.1) is 24.0 Å². The Bertz CT molecular complexity index is 496. The molecule has 1 fully saturated rings. The maximum absolute atomic E-state index is 9.67. The van der Waals surface area contributed by atoms with Crippen molar-refractivity contribution < 1.29 is 9.84 Å². The molecule has 0 saturated carbocycles. The second-order valence-electron chi connectivity index (χ2n) is 5.41. The van der Waals surface area contributed by atoms with Crippen LogP contribution in [0.2, 0.25) is 0 Å². The highest BCUT2D eigenvalue weighted by atomic mass is 127. The fourth-order valence-corrected chi connectivity index (χ4v) is 2.65. The number of aliphatic hydroxyl groups excluding tert-OH is 1. The van der Waals surface area contributed by atoms with Gasteiger partial charge in [0.05, 0.1) is 12.7 Å². The van der Waals surface area contributed by atoms with Gasteiger partial charge in [-0.2, -0.15) is 0 Å². The van der Waals surface area contributed by atoms with Crippen LogP contribution in [0.1, 0.15) is 25.8 Å². The van der Waals surface area contributed by atoms with Crippen molar-refractivity contribution in [1.82, 2.24) is 10.2 Å². The molecule has 1 heterocycles. The largest absolute Gasteiger partial charge is 0.494 e. The minimum atomic E-state index is -0.234. The zero-order chi connectivity index (χ0) is 15.8. The first-order valence-corrected chi connectivity index (χ1v) is 8.16. The van der Waals surface area contributed by atoms with Crippen LogP contribution in [0.3, 0.4) is 0 Å². The number of rotatable bonds is 6. The molecule has 1 aliphatic heterocycles. The quantitative estimate of drug-likeness (QED) is 0.411. The van der Waals surface area contributed by atoms with Crippen LogP contribution in [0.4, 0.5) is 0 Å². The Hall–Kier alpha value is -1.02. The van der Waals surface area contributed by atoms with Crippen molar-refractivity contribution in [2.24, 2.45) is 4.99 Å². The molecule has 23 heavy (non-hydrogen) atoms. The van der Waals surface area contributed by atoms with Gasteiger partial charge in [0.25, 0.3) is 0 Å². The Labute approximate surface area is 156 Å². The molecule has 0 spiro atoms. The van der Waals surface area contributed by atoms with E-state index in [0.29, 0.717) is 19.7 Å². The zero-order valence-electron chi connectivity index (χ0n) is 14.0. The number of hydrogen-bond donors (Lipinski definition) is 2. The number of likely N-dealkylation sites (tertiary alicyclic amines) is 1. The number of β-amino-alcohol motifs (C(OH)–C–C–N with tert-alkyl or cyclic N) is 1. The molecule has 1 atom stereocenters. The first-order chi connectivity index (χ1) is 10.7. The molecule has 0 radical (unpaired) electrons. The van der Waals surface area contributed by atoms with Crippen molar-refractivity contribution in [3.05, 3.63) is 29.8 Å². The van der Waals surface area contributed by atoms with E-state index in [4.69, 9.17) is 9.73 Å². The maximum atomic E-state index is 9.67. The molecule has 1 aliphatic rings. The van der Waals surface area contributed by atoms with Gasteiger partial charge in [0.1, 0.15) is 5.75 Å². The lowest BCUT2D eigenvalue weighted by Crippen LogP contribution is -2.40. The molecule has 1 aromatic rings. The number of benzene rings is 1. The van der Waals surface area contributed by atoms with E-state index in [1.54, 1.807) is 0 Å². The second kappa shape index (κ2) is 10.7. The fraction of sp³-hybridized carbons (Fsp3) is 0.588. The van der Waals surface area contributed by atoms with Crippen molar-refractivity contribution in [2.45, 2.75) is 32.8 Å². The predicted octanol–water partition coefficient (Wildman–Crippen LogP) is 2.28. The van der Waals surface area contributed by atoms with Crippen LogP contribution in [0.15, 0.2) is 29.3 Å². The lowest BCUT2D eigenvalue weighted by atomic mass is 10.1. The van der Waals surface area contributed by atoms with Gasteiger partial charge in [0.2, 0.25) is 0 Å². The summed E-state index contributed by atoms with van der Waals surface area (Å²) < 4.78 is 5.65. The van der Waals surface area contributed by atoms with Gasteiger partial charge in [-0.05, 0) is 38.3 Å². The van der Waals surface area contributed by atoms with Crippen molar-refractivity contribution in [3.8, 4) is 5.75 Å². The van der Waals surface area contributed by atoms with Gasteiger partial charge in [0, 0.05) is 26.2 Å². The van der Waals surface area contributed by atoms with Crippen molar-refractivity contribution in [2.75, 3.05) is 32.8 Å². The van der Waals surface area contributed by atoms with Crippen LogP contribution >= 0.6 is 24.0 Å². The van der Waals surface area contributed by atoms with Crippen LogP contribution in [-0.2, 0) is 6.42 Å². The van der Waals surface area contributed by atoms with E-state index < -0.39 is 0 Å². The van der Waals surface area contributed by atoms with Crippen LogP contribution in [0.25, 0.3) is 0 Å². The molecule has 2 N–H and O–H groups in total. The third-order valence-corrected chi connectivity index (χ3v) is 3.71. The predicted molar refractivity (Wildman–Crippen MR) is 105 cm³/mol. The number of nitrogens with zero attached hydrogens (tertiary/aromatic N) is 2. The summed E-state index contributed by atoms with van der Waals surface area (Å²) >= 11 is 0. The molecule has 0 amide bonds. The van der Waals surface area contributed by atoms with Gasteiger partial charge in [0.15, 0.2) is 5.96 Å². The summed E-state index contributed by atoms with van der Waals surface area (Å²) in [6.45, 7) is 7.81. The monoisotopic (exact) mass is 433 g/mol. The molecule has 1 saturated heterocycles. The van der Waals surface area contributed by atoms with E-state index in [2.05, 4.69) is 23.2 Å². The molecule has 0 aromatic heterocycles. The molecule has 0 bridgehead atoms. The number of halogens is 1. The first kappa shape index (κ1) is 20.0. The first-order valence-electron chi connectivity index (χ1n) is 8.16. The number of para-hydroxylation sites is 1. The van der Waals surface area contributed by atoms with Gasteiger partial charge >= 0.3 is 0 Å². The molecular weight excluding hydrogens is 405 g/mol. The van der Waals surface area contributed by atoms with E-state index in [1.807, 2.05) is 25.1 Å². The normalized spacial score (nSPS) is 17.8. The molecule has 0 unspecified atom stereocenters. The number of aliphatic hydroxyl groups is 1. The maximum Gasteiger partial charge on any atom is 0.194 e. The van der Waals surface area contributed by atoms with Crippen molar-refractivity contribution in [3.63, 3.8) is 0 Å². The zero-order valence-corrected chi connectivity index (χ0v) is 16.3. The summed E-state index contributed by atoms with van der Waals surface area (Å²) in [6.07, 6.45) is 1.43. The third kappa shape index (κ3) is 6.18.